The summed E-state index contributed by atoms with van der Waals surface area (Å²) in [6.45, 7) is 0.332. The van der Waals surface area contributed by atoms with E-state index in [0.717, 1.165) is 18.6 Å². The quantitative estimate of drug-likeness (QED) is 0.858. The molecule has 1 heterocycles. The van der Waals surface area contributed by atoms with Crippen LogP contribution in [0, 0.1) is 0 Å². The molecule has 1 aliphatic rings. The van der Waals surface area contributed by atoms with Crippen molar-refractivity contribution in [2.75, 3.05) is 12.3 Å². The van der Waals surface area contributed by atoms with Gasteiger partial charge in [-0.05, 0) is 36.3 Å². The van der Waals surface area contributed by atoms with Gasteiger partial charge in [0.25, 0.3) is 0 Å². The summed E-state index contributed by atoms with van der Waals surface area (Å²) in [5.74, 6) is 1.12. The summed E-state index contributed by atoms with van der Waals surface area (Å²) in [4.78, 5) is 0.219. The van der Waals surface area contributed by atoms with E-state index in [9.17, 15) is 8.42 Å². The topological polar surface area (TPSA) is 66.4 Å². The molecule has 1 unspecified atom stereocenters. The van der Waals surface area contributed by atoms with E-state index in [1.165, 1.54) is 6.07 Å². The van der Waals surface area contributed by atoms with E-state index in [1.807, 2.05) is 11.8 Å². The normalized spacial score (nSPS) is 20.2. The summed E-state index contributed by atoms with van der Waals surface area (Å²) in [6, 6.07) is 6.39. The molecule has 6 heteroatoms. The van der Waals surface area contributed by atoms with E-state index < -0.39 is 10.0 Å². The van der Waals surface area contributed by atoms with Crippen molar-refractivity contribution < 1.29 is 13.5 Å². The molecular formula is C12H17NO3S2. The second-order valence-electron chi connectivity index (χ2n) is 4.29. The zero-order valence-corrected chi connectivity index (χ0v) is 11.6. The van der Waals surface area contributed by atoms with Crippen LogP contribution in [0.5, 0.6) is 0 Å². The zero-order chi connectivity index (χ0) is 13.0. The van der Waals surface area contributed by atoms with Crippen molar-refractivity contribution in [3.63, 3.8) is 0 Å². The van der Waals surface area contributed by atoms with Crippen molar-refractivity contribution in [3.8, 4) is 0 Å². The van der Waals surface area contributed by atoms with Crippen molar-refractivity contribution in [3.05, 3.63) is 29.8 Å². The first kappa shape index (κ1) is 13.9. The van der Waals surface area contributed by atoms with Crippen LogP contribution in [0.1, 0.15) is 18.4 Å². The number of thioether (sulfide) groups is 1. The highest BCUT2D eigenvalue weighted by molar-refractivity contribution is 8.00. The van der Waals surface area contributed by atoms with E-state index in [1.54, 1.807) is 18.2 Å². The molecule has 0 bridgehead atoms. The second-order valence-corrected chi connectivity index (χ2v) is 7.47. The van der Waals surface area contributed by atoms with E-state index in [0.29, 0.717) is 17.4 Å². The molecule has 2 N–H and O–H groups in total. The molecule has 100 valence electrons. The molecule has 1 aromatic carbocycles. The van der Waals surface area contributed by atoms with Gasteiger partial charge in [-0.3, -0.25) is 0 Å². The highest BCUT2D eigenvalue weighted by atomic mass is 32.2. The maximum atomic E-state index is 12.1. The van der Waals surface area contributed by atoms with Crippen molar-refractivity contribution in [1.82, 2.24) is 4.72 Å². The van der Waals surface area contributed by atoms with Gasteiger partial charge in [-0.1, -0.05) is 12.1 Å². The van der Waals surface area contributed by atoms with Gasteiger partial charge in [0.15, 0.2) is 0 Å². The van der Waals surface area contributed by atoms with Crippen LogP contribution in [0.3, 0.4) is 0 Å². The fraction of sp³-hybridized carbons (Fsp3) is 0.500. The third kappa shape index (κ3) is 3.47. The van der Waals surface area contributed by atoms with Crippen LogP contribution in [0.4, 0.5) is 0 Å². The molecule has 1 aliphatic heterocycles. The maximum absolute atomic E-state index is 12.1. The number of rotatable bonds is 5. The van der Waals surface area contributed by atoms with Gasteiger partial charge in [0.05, 0.1) is 11.5 Å². The molecule has 0 radical (unpaired) electrons. The van der Waals surface area contributed by atoms with Crippen LogP contribution in [-0.2, 0) is 16.6 Å². The van der Waals surface area contributed by atoms with E-state index in [-0.39, 0.29) is 11.5 Å². The SMILES string of the molecule is O=S(=O)(NCC1CCCS1)c1cccc(CO)c1. The molecule has 1 saturated heterocycles. The van der Waals surface area contributed by atoms with Crippen LogP contribution in [-0.4, -0.2) is 31.1 Å². The van der Waals surface area contributed by atoms with Gasteiger partial charge in [-0.15, -0.1) is 0 Å². The first-order valence-corrected chi connectivity index (χ1v) is 8.46. The van der Waals surface area contributed by atoms with Gasteiger partial charge in [-0.25, -0.2) is 13.1 Å². The fourth-order valence-electron chi connectivity index (χ4n) is 1.90. The van der Waals surface area contributed by atoms with Crippen LogP contribution < -0.4 is 4.72 Å². The van der Waals surface area contributed by atoms with Gasteiger partial charge in [0.1, 0.15) is 0 Å². The Kier molecular flexibility index (Phi) is 4.66. The Morgan fingerprint density at radius 1 is 1.44 bits per heavy atom. The van der Waals surface area contributed by atoms with Gasteiger partial charge in [0.2, 0.25) is 10.0 Å². The average molecular weight is 287 g/mol. The lowest BCUT2D eigenvalue weighted by atomic mass is 10.2. The molecule has 2 rings (SSSR count). The number of benzene rings is 1. The van der Waals surface area contributed by atoms with Crippen molar-refractivity contribution in [1.29, 1.82) is 0 Å². The number of hydrogen-bond acceptors (Lipinski definition) is 4. The van der Waals surface area contributed by atoms with Gasteiger partial charge in [-0.2, -0.15) is 11.8 Å². The molecule has 0 spiro atoms. The Hall–Kier alpha value is -0.560. The summed E-state index contributed by atoms with van der Waals surface area (Å²) in [5, 5.41) is 9.40. The smallest absolute Gasteiger partial charge is 0.240 e. The van der Waals surface area contributed by atoms with E-state index >= 15 is 0 Å². The molecule has 1 fully saturated rings. The minimum Gasteiger partial charge on any atom is -0.392 e. The Balaban J connectivity index is 2.04. The third-order valence-electron chi connectivity index (χ3n) is 2.92. The number of aliphatic hydroxyl groups is 1. The molecule has 1 atom stereocenters. The monoisotopic (exact) mass is 287 g/mol. The minimum absolute atomic E-state index is 0.151. The van der Waals surface area contributed by atoms with Crippen LogP contribution in [0.15, 0.2) is 29.2 Å². The Morgan fingerprint density at radius 2 is 2.28 bits per heavy atom. The largest absolute Gasteiger partial charge is 0.392 e. The second kappa shape index (κ2) is 6.06. The molecule has 0 aliphatic carbocycles. The third-order valence-corrected chi connectivity index (χ3v) is 5.74. The zero-order valence-electron chi connectivity index (χ0n) is 10.0. The lowest BCUT2D eigenvalue weighted by Gasteiger charge is -2.11. The summed E-state index contributed by atoms with van der Waals surface area (Å²) in [6.07, 6.45) is 2.24. The van der Waals surface area contributed by atoms with Gasteiger partial charge >= 0.3 is 0 Å². The average Bonchev–Trinajstić information content (AvgIpc) is 2.90. The van der Waals surface area contributed by atoms with Crippen molar-refractivity contribution in [2.45, 2.75) is 29.6 Å². The standard InChI is InChI=1S/C12H17NO3S2/c14-9-10-3-1-5-12(7-10)18(15,16)13-8-11-4-2-6-17-11/h1,3,5,7,11,13-14H,2,4,6,8-9H2. The molecule has 0 saturated carbocycles. The van der Waals surface area contributed by atoms with Gasteiger partial charge in [0, 0.05) is 11.8 Å². The molecular weight excluding hydrogens is 270 g/mol. The van der Waals surface area contributed by atoms with Crippen LogP contribution in [0.2, 0.25) is 0 Å². The first-order chi connectivity index (χ1) is 8.62. The highest BCUT2D eigenvalue weighted by Crippen LogP contribution is 2.25. The highest BCUT2D eigenvalue weighted by Gasteiger charge is 2.20. The number of hydrogen-bond donors (Lipinski definition) is 2. The molecule has 4 nitrogen and oxygen atoms in total. The molecule has 1 aromatic rings. The predicted octanol–water partition coefficient (Wildman–Crippen LogP) is 1.35. The van der Waals surface area contributed by atoms with E-state index in [4.69, 9.17) is 5.11 Å². The minimum atomic E-state index is -3.45. The Bertz CT molecular complexity index is 496. The number of aliphatic hydroxyl groups excluding tert-OH is 1. The Morgan fingerprint density at radius 3 is 2.94 bits per heavy atom. The molecule has 0 amide bonds. The van der Waals surface area contributed by atoms with Crippen LogP contribution in [0.25, 0.3) is 0 Å². The lowest BCUT2D eigenvalue weighted by molar-refractivity contribution is 0.281. The summed E-state index contributed by atoms with van der Waals surface area (Å²) >= 11 is 1.82. The van der Waals surface area contributed by atoms with Crippen molar-refractivity contribution >= 4 is 21.8 Å². The summed E-state index contributed by atoms with van der Waals surface area (Å²) in [7, 11) is -3.45. The first-order valence-electron chi connectivity index (χ1n) is 5.93. The van der Waals surface area contributed by atoms with E-state index in [2.05, 4.69) is 4.72 Å². The number of sulfonamides is 1. The maximum Gasteiger partial charge on any atom is 0.240 e. The molecule has 18 heavy (non-hydrogen) atoms. The lowest BCUT2D eigenvalue weighted by Crippen LogP contribution is -2.29. The van der Waals surface area contributed by atoms with Crippen molar-refractivity contribution in [2.24, 2.45) is 0 Å². The summed E-state index contributed by atoms with van der Waals surface area (Å²) < 4.78 is 26.7. The predicted molar refractivity (Wildman–Crippen MR) is 73.0 cm³/mol. The molecule has 0 aromatic heterocycles. The van der Waals surface area contributed by atoms with Crippen LogP contribution >= 0.6 is 11.8 Å². The fourth-order valence-corrected chi connectivity index (χ4v) is 4.36. The summed E-state index contributed by atoms with van der Waals surface area (Å²) in [5.41, 5.74) is 0.605. The number of nitrogens with one attached hydrogen (secondary N) is 1. The van der Waals surface area contributed by atoms with Gasteiger partial charge < -0.3 is 5.11 Å². The Labute approximate surface area is 112 Å².